The number of pyridine rings is 2. The molecule has 0 amide bonds. The molecule has 2 atom stereocenters. The molecule has 0 aliphatic carbocycles. The van der Waals surface area contributed by atoms with Crippen LogP contribution >= 0.6 is 0 Å². The Labute approximate surface area is 176 Å². The van der Waals surface area contributed by atoms with E-state index in [1.165, 1.54) is 19.0 Å². The molecule has 1 saturated heterocycles. The minimum absolute atomic E-state index is 0.314. The highest BCUT2D eigenvalue weighted by molar-refractivity contribution is 6.58. The van der Waals surface area contributed by atoms with Crippen LogP contribution in [-0.4, -0.2) is 62.0 Å². The van der Waals surface area contributed by atoms with E-state index in [2.05, 4.69) is 29.8 Å². The summed E-state index contributed by atoms with van der Waals surface area (Å²) < 4.78 is 7.54. The minimum Gasteiger partial charge on any atom is -0.423 e. The number of aromatic nitrogens is 4. The lowest BCUT2D eigenvalue weighted by Crippen LogP contribution is -2.33. The molecule has 1 fully saturated rings. The highest BCUT2D eigenvalue weighted by atomic mass is 16.5. The number of hydrogen-bond donors (Lipinski definition) is 2. The first kappa shape index (κ1) is 20.8. The van der Waals surface area contributed by atoms with E-state index in [1.807, 2.05) is 23.8 Å². The van der Waals surface area contributed by atoms with E-state index in [0.29, 0.717) is 48.5 Å². The van der Waals surface area contributed by atoms with Crippen molar-refractivity contribution in [1.82, 2.24) is 19.5 Å². The highest BCUT2D eigenvalue weighted by Crippen LogP contribution is 2.30. The van der Waals surface area contributed by atoms with Gasteiger partial charge in [0.2, 0.25) is 0 Å². The second-order valence-electron chi connectivity index (χ2n) is 7.86. The monoisotopic (exact) mass is 409 g/mol. The SMILES string of the molecule is CCOCCn1c(-c2ccc(N3[C@@H](C)CC[C@@H]3C)nc2)nc2cc(B(O)O)cnc21. The van der Waals surface area contributed by atoms with Crippen molar-refractivity contribution in [1.29, 1.82) is 0 Å². The zero-order valence-corrected chi connectivity index (χ0v) is 17.7. The molecule has 0 spiro atoms. The van der Waals surface area contributed by atoms with Crippen LogP contribution in [0.1, 0.15) is 33.6 Å². The van der Waals surface area contributed by atoms with Crippen LogP contribution in [0.2, 0.25) is 0 Å². The lowest BCUT2D eigenvalue weighted by molar-refractivity contribution is 0.140. The molecular formula is C21H28BN5O3. The van der Waals surface area contributed by atoms with Gasteiger partial charge in [0.25, 0.3) is 0 Å². The first-order valence-electron chi connectivity index (χ1n) is 10.5. The van der Waals surface area contributed by atoms with Crippen molar-refractivity contribution >= 4 is 29.6 Å². The maximum absolute atomic E-state index is 9.47. The van der Waals surface area contributed by atoms with E-state index < -0.39 is 7.12 Å². The van der Waals surface area contributed by atoms with Crippen LogP contribution in [0.5, 0.6) is 0 Å². The third-order valence-electron chi connectivity index (χ3n) is 5.79. The third-order valence-corrected chi connectivity index (χ3v) is 5.79. The predicted molar refractivity (Wildman–Crippen MR) is 118 cm³/mol. The average molecular weight is 409 g/mol. The van der Waals surface area contributed by atoms with Gasteiger partial charge in [0.15, 0.2) is 5.65 Å². The second-order valence-corrected chi connectivity index (χ2v) is 7.86. The second kappa shape index (κ2) is 8.71. The van der Waals surface area contributed by atoms with Crippen LogP contribution in [0.3, 0.4) is 0 Å². The van der Waals surface area contributed by atoms with Gasteiger partial charge in [-0.05, 0) is 51.8 Å². The Morgan fingerprint density at radius 3 is 2.53 bits per heavy atom. The lowest BCUT2D eigenvalue weighted by Gasteiger charge is -2.27. The van der Waals surface area contributed by atoms with Crippen molar-refractivity contribution in [2.24, 2.45) is 0 Å². The summed E-state index contributed by atoms with van der Waals surface area (Å²) in [6.45, 7) is 8.21. The zero-order valence-electron chi connectivity index (χ0n) is 17.7. The topological polar surface area (TPSA) is 96.5 Å². The van der Waals surface area contributed by atoms with Gasteiger partial charge in [-0.1, -0.05) is 0 Å². The van der Waals surface area contributed by atoms with E-state index in [4.69, 9.17) is 14.7 Å². The van der Waals surface area contributed by atoms with Crippen LogP contribution in [0.25, 0.3) is 22.6 Å². The minimum atomic E-state index is -1.58. The summed E-state index contributed by atoms with van der Waals surface area (Å²) in [6, 6.07) is 6.72. The van der Waals surface area contributed by atoms with Gasteiger partial charge in [-0.15, -0.1) is 0 Å². The highest BCUT2D eigenvalue weighted by Gasteiger charge is 2.28. The van der Waals surface area contributed by atoms with E-state index in [-0.39, 0.29) is 0 Å². The summed E-state index contributed by atoms with van der Waals surface area (Å²) in [7, 11) is -1.58. The summed E-state index contributed by atoms with van der Waals surface area (Å²) >= 11 is 0. The number of fused-ring (bicyclic) bond motifs is 1. The van der Waals surface area contributed by atoms with Gasteiger partial charge < -0.3 is 24.3 Å². The number of ether oxygens (including phenoxy) is 1. The molecule has 3 aromatic heterocycles. The van der Waals surface area contributed by atoms with Crippen molar-refractivity contribution in [2.45, 2.75) is 52.2 Å². The molecule has 8 nitrogen and oxygen atoms in total. The van der Waals surface area contributed by atoms with Crippen molar-refractivity contribution in [3.05, 3.63) is 30.6 Å². The number of rotatable bonds is 7. The van der Waals surface area contributed by atoms with Gasteiger partial charge in [-0.2, -0.15) is 0 Å². The maximum atomic E-state index is 9.47. The molecular weight excluding hydrogens is 381 g/mol. The van der Waals surface area contributed by atoms with Gasteiger partial charge in [0.1, 0.15) is 17.2 Å². The number of imidazole rings is 1. The Hall–Kier alpha value is -2.49. The summed E-state index contributed by atoms with van der Waals surface area (Å²) in [5.74, 6) is 1.72. The fourth-order valence-corrected chi connectivity index (χ4v) is 4.22. The summed E-state index contributed by atoms with van der Waals surface area (Å²) in [5, 5.41) is 18.9. The van der Waals surface area contributed by atoms with E-state index >= 15 is 0 Å². The molecule has 0 aromatic carbocycles. The standard InChI is InChI=1S/C21H28BN5O3/c1-4-30-10-9-26-20(25-18-11-17(22(28)29)13-24-21(18)26)16-7-8-19(23-12-16)27-14(2)5-6-15(27)3/h7-8,11-15,28-29H,4-6,9-10H2,1-3H3/t14-,15-/m0/s1. The Bertz CT molecular complexity index is 998. The van der Waals surface area contributed by atoms with Crippen LogP contribution < -0.4 is 10.4 Å². The number of nitrogens with zero attached hydrogens (tertiary/aromatic N) is 5. The zero-order chi connectivity index (χ0) is 21.3. The van der Waals surface area contributed by atoms with E-state index in [9.17, 15) is 10.0 Å². The molecule has 1 aliphatic rings. The fraction of sp³-hybridized carbons (Fsp3) is 0.476. The van der Waals surface area contributed by atoms with Crippen molar-refractivity contribution in [3.8, 4) is 11.4 Å². The van der Waals surface area contributed by atoms with Crippen LogP contribution in [0.4, 0.5) is 5.82 Å². The fourth-order valence-electron chi connectivity index (χ4n) is 4.22. The molecule has 9 heteroatoms. The maximum Gasteiger partial charge on any atom is 0.490 e. The predicted octanol–water partition coefficient (Wildman–Crippen LogP) is 1.59. The Morgan fingerprint density at radius 2 is 1.90 bits per heavy atom. The van der Waals surface area contributed by atoms with Gasteiger partial charge in [-0.25, -0.2) is 15.0 Å². The lowest BCUT2D eigenvalue weighted by atomic mass is 9.82. The molecule has 1 aliphatic heterocycles. The molecule has 0 saturated carbocycles. The smallest absolute Gasteiger partial charge is 0.423 e. The van der Waals surface area contributed by atoms with Gasteiger partial charge in [0, 0.05) is 48.7 Å². The largest absolute Gasteiger partial charge is 0.490 e. The first-order chi connectivity index (χ1) is 14.5. The molecule has 4 heterocycles. The molecule has 0 bridgehead atoms. The first-order valence-corrected chi connectivity index (χ1v) is 10.5. The summed E-state index contributed by atoms with van der Waals surface area (Å²) in [4.78, 5) is 16.3. The van der Waals surface area contributed by atoms with Crippen molar-refractivity contribution < 1.29 is 14.8 Å². The molecule has 2 N–H and O–H groups in total. The molecule has 3 aromatic rings. The van der Waals surface area contributed by atoms with E-state index in [0.717, 1.165) is 17.2 Å². The molecule has 30 heavy (non-hydrogen) atoms. The van der Waals surface area contributed by atoms with Crippen LogP contribution in [-0.2, 0) is 11.3 Å². The van der Waals surface area contributed by atoms with Crippen molar-refractivity contribution in [2.75, 3.05) is 18.1 Å². The Balaban J connectivity index is 1.72. The average Bonchev–Trinajstić information content (AvgIpc) is 3.27. The van der Waals surface area contributed by atoms with Crippen LogP contribution in [0, 0.1) is 0 Å². The van der Waals surface area contributed by atoms with Gasteiger partial charge >= 0.3 is 7.12 Å². The molecule has 4 rings (SSSR count). The Morgan fingerprint density at radius 1 is 1.13 bits per heavy atom. The van der Waals surface area contributed by atoms with Gasteiger partial charge in [-0.3, -0.25) is 0 Å². The molecule has 0 radical (unpaired) electrons. The van der Waals surface area contributed by atoms with Crippen molar-refractivity contribution in [3.63, 3.8) is 0 Å². The Kier molecular flexibility index (Phi) is 6.03. The van der Waals surface area contributed by atoms with Gasteiger partial charge in [0.05, 0.1) is 6.61 Å². The number of anilines is 1. The van der Waals surface area contributed by atoms with Crippen LogP contribution in [0.15, 0.2) is 30.6 Å². The molecule has 0 unspecified atom stereocenters. The quantitative estimate of drug-likeness (QED) is 0.452. The number of hydrogen-bond acceptors (Lipinski definition) is 7. The summed E-state index contributed by atoms with van der Waals surface area (Å²) in [5.41, 5.74) is 2.49. The molecule has 158 valence electrons. The third kappa shape index (κ3) is 3.92. The summed E-state index contributed by atoms with van der Waals surface area (Å²) in [6.07, 6.45) is 5.69. The van der Waals surface area contributed by atoms with E-state index in [1.54, 1.807) is 6.07 Å². The normalized spacial score (nSPS) is 19.0.